The number of hydrogen-bond acceptors (Lipinski definition) is 3. The molecule has 5 heteroatoms. The first-order valence-corrected chi connectivity index (χ1v) is 10.0. The van der Waals surface area contributed by atoms with Gasteiger partial charge in [0, 0.05) is 25.9 Å². The third-order valence-corrected chi connectivity index (χ3v) is 4.17. The maximum absolute atomic E-state index is 11.4. The van der Waals surface area contributed by atoms with E-state index in [1.54, 1.807) is 0 Å². The Morgan fingerprint density at radius 2 is 1.24 bits per heavy atom. The molecule has 0 saturated carbocycles. The minimum absolute atomic E-state index is 0.121. The highest BCUT2D eigenvalue weighted by Crippen LogP contribution is 2.10. The van der Waals surface area contributed by atoms with Crippen molar-refractivity contribution < 1.29 is 14.7 Å². The van der Waals surface area contributed by atoms with Crippen molar-refractivity contribution in [3.63, 3.8) is 0 Å². The summed E-state index contributed by atoms with van der Waals surface area (Å²) in [5, 5.41) is 11.3. The lowest BCUT2D eigenvalue weighted by molar-refractivity contribution is -0.137. The van der Waals surface area contributed by atoms with Crippen molar-refractivity contribution in [2.75, 3.05) is 13.1 Å². The number of carboxylic acid groups (broad SMARTS) is 1. The van der Waals surface area contributed by atoms with Gasteiger partial charge in [0.05, 0.1) is 0 Å². The van der Waals surface area contributed by atoms with Crippen LogP contribution in [0.5, 0.6) is 0 Å². The molecule has 1 amide bonds. The van der Waals surface area contributed by atoms with Crippen LogP contribution in [0.1, 0.15) is 89.9 Å². The van der Waals surface area contributed by atoms with Crippen molar-refractivity contribution >= 4 is 11.9 Å². The summed E-state index contributed by atoms with van der Waals surface area (Å²) in [6.07, 6.45) is 18.9. The highest BCUT2D eigenvalue weighted by molar-refractivity contribution is 5.75. The number of allylic oxidation sites excluding steroid dienone is 2. The zero-order valence-electron chi connectivity index (χ0n) is 15.8. The molecular formula is C20H38N2O3. The SMILES string of the molecule is NCCNC(=O)CCCCCCC/C=C\CCCCCCCC(=O)O. The summed E-state index contributed by atoms with van der Waals surface area (Å²) in [6, 6.07) is 0. The summed E-state index contributed by atoms with van der Waals surface area (Å²) in [6.45, 7) is 1.09. The van der Waals surface area contributed by atoms with E-state index in [9.17, 15) is 9.59 Å². The lowest BCUT2D eigenvalue weighted by Gasteiger charge is -2.03. The second kappa shape index (κ2) is 19.0. The lowest BCUT2D eigenvalue weighted by atomic mass is 10.1. The van der Waals surface area contributed by atoms with Gasteiger partial charge in [-0.1, -0.05) is 50.7 Å². The number of unbranched alkanes of at least 4 members (excludes halogenated alkanes) is 10. The highest BCUT2D eigenvalue weighted by atomic mass is 16.4. The van der Waals surface area contributed by atoms with Gasteiger partial charge in [0.1, 0.15) is 0 Å². The van der Waals surface area contributed by atoms with E-state index in [1.807, 2.05) is 0 Å². The van der Waals surface area contributed by atoms with E-state index in [2.05, 4.69) is 17.5 Å². The van der Waals surface area contributed by atoms with E-state index >= 15 is 0 Å². The quantitative estimate of drug-likeness (QED) is 0.254. The molecule has 0 heterocycles. The van der Waals surface area contributed by atoms with Crippen LogP contribution in [0.25, 0.3) is 0 Å². The van der Waals surface area contributed by atoms with Crippen LogP contribution in [0.4, 0.5) is 0 Å². The van der Waals surface area contributed by atoms with Crippen LogP contribution in [0, 0.1) is 0 Å². The summed E-state index contributed by atoms with van der Waals surface area (Å²) < 4.78 is 0. The van der Waals surface area contributed by atoms with Crippen molar-refractivity contribution in [2.24, 2.45) is 5.73 Å². The van der Waals surface area contributed by atoms with Gasteiger partial charge in [-0.05, 0) is 38.5 Å². The molecule has 0 fully saturated rings. The number of aliphatic carboxylic acids is 1. The molecule has 0 aliphatic heterocycles. The zero-order chi connectivity index (χ0) is 18.6. The predicted molar refractivity (Wildman–Crippen MR) is 103 cm³/mol. The average molecular weight is 355 g/mol. The summed E-state index contributed by atoms with van der Waals surface area (Å²) in [4.78, 5) is 21.7. The number of carbonyl (C=O) groups excluding carboxylic acids is 1. The van der Waals surface area contributed by atoms with Gasteiger partial charge in [0.15, 0.2) is 0 Å². The molecule has 25 heavy (non-hydrogen) atoms. The van der Waals surface area contributed by atoms with Crippen molar-refractivity contribution in [1.82, 2.24) is 5.32 Å². The van der Waals surface area contributed by atoms with Crippen LogP contribution in [0.3, 0.4) is 0 Å². The Labute approximate surface area is 153 Å². The molecule has 0 spiro atoms. The number of carbonyl (C=O) groups is 2. The topological polar surface area (TPSA) is 92.4 Å². The maximum atomic E-state index is 11.4. The molecule has 5 nitrogen and oxygen atoms in total. The Morgan fingerprint density at radius 3 is 1.76 bits per heavy atom. The number of rotatable bonds is 18. The predicted octanol–water partition coefficient (Wildman–Crippen LogP) is 4.16. The van der Waals surface area contributed by atoms with E-state index in [0.717, 1.165) is 44.9 Å². The molecule has 0 aliphatic rings. The van der Waals surface area contributed by atoms with Crippen molar-refractivity contribution in [2.45, 2.75) is 89.9 Å². The van der Waals surface area contributed by atoms with Gasteiger partial charge in [-0.3, -0.25) is 9.59 Å². The fourth-order valence-corrected chi connectivity index (χ4v) is 2.68. The monoisotopic (exact) mass is 354 g/mol. The summed E-state index contributed by atoms with van der Waals surface area (Å²) in [5.74, 6) is -0.564. The summed E-state index contributed by atoms with van der Waals surface area (Å²) >= 11 is 0. The minimum atomic E-state index is -0.684. The van der Waals surface area contributed by atoms with Gasteiger partial charge in [-0.15, -0.1) is 0 Å². The Balaban J connectivity index is 3.18. The Morgan fingerprint density at radius 1 is 0.760 bits per heavy atom. The van der Waals surface area contributed by atoms with Gasteiger partial charge in [-0.25, -0.2) is 0 Å². The van der Waals surface area contributed by atoms with E-state index in [-0.39, 0.29) is 5.91 Å². The summed E-state index contributed by atoms with van der Waals surface area (Å²) in [7, 11) is 0. The van der Waals surface area contributed by atoms with Crippen LogP contribution in [-0.2, 0) is 9.59 Å². The normalized spacial score (nSPS) is 11.1. The highest BCUT2D eigenvalue weighted by Gasteiger charge is 1.99. The van der Waals surface area contributed by atoms with Crippen molar-refractivity contribution in [3.8, 4) is 0 Å². The van der Waals surface area contributed by atoms with Crippen LogP contribution >= 0.6 is 0 Å². The minimum Gasteiger partial charge on any atom is -0.481 e. The molecular weight excluding hydrogens is 316 g/mol. The maximum Gasteiger partial charge on any atom is 0.303 e. The Bertz CT molecular complexity index is 357. The fourth-order valence-electron chi connectivity index (χ4n) is 2.68. The average Bonchev–Trinajstić information content (AvgIpc) is 2.59. The van der Waals surface area contributed by atoms with Crippen LogP contribution in [0.2, 0.25) is 0 Å². The number of carboxylic acids is 1. The first kappa shape index (κ1) is 23.6. The molecule has 0 rings (SSSR count). The van der Waals surface area contributed by atoms with E-state index in [1.165, 1.54) is 32.1 Å². The first-order valence-electron chi connectivity index (χ1n) is 10.0. The zero-order valence-corrected chi connectivity index (χ0v) is 15.8. The van der Waals surface area contributed by atoms with Crippen molar-refractivity contribution in [3.05, 3.63) is 12.2 Å². The number of nitrogens with two attached hydrogens (primary N) is 1. The summed E-state index contributed by atoms with van der Waals surface area (Å²) in [5.41, 5.74) is 5.33. The van der Waals surface area contributed by atoms with Gasteiger partial charge in [0.25, 0.3) is 0 Å². The third kappa shape index (κ3) is 20.6. The van der Waals surface area contributed by atoms with Crippen LogP contribution in [-0.4, -0.2) is 30.1 Å². The molecule has 0 aliphatic carbocycles. The van der Waals surface area contributed by atoms with Gasteiger partial charge < -0.3 is 16.2 Å². The molecule has 0 saturated heterocycles. The molecule has 4 N–H and O–H groups in total. The fraction of sp³-hybridized carbons (Fsp3) is 0.800. The molecule has 0 unspecified atom stereocenters. The molecule has 0 aromatic carbocycles. The van der Waals surface area contributed by atoms with Gasteiger partial charge in [-0.2, -0.15) is 0 Å². The van der Waals surface area contributed by atoms with Gasteiger partial charge >= 0.3 is 5.97 Å². The standard InChI is InChI=1S/C20H38N2O3/c21-17-18-22-19(23)15-13-11-9-7-5-3-1-2-4-6-8-10-12-14-16-20(24)25/h1-2H,3-18,21H2,(H,22,23)(H,24,25)/b2-1-. The molecule has 0 aromatic rings. The largest absolute Gasteiger partial charge is 0.481 e. The third-order valence-electron chi connectivity index (χ3n) is 4.17. The Hall–Kier alpha value is -1.36. The molecule has 146 valence electrons. The van der Waals surface area contributed by atoms with E-state index in [0.29, 0.717) is 25.9 Å². The smallest absolute Gasteiger partial charge is 0.303 e. The number of nitrogens with one attached hydrogen (secondary N) is 1. The van der Waals surface area contributed by atoms with E-state index in [4.69, 9.17) is 10.8 Å². The second-order valence-electron chi connectivity index (χ2n) is 6.62. The Kier molecular flexibility index (Phi) is 17.9. The first-order chi connectivity index (χ1) is 12.2. The van der Waals surface area contributed by atoms with Crippen molar-refractivity contribution in [1.29, 1.82) is 0 Å². The van der Waals surface area contributed by atoms with Crippen LogP contribution in [0.15, 0.2) is 12.2 Å². The molecule has 0 atom stereocenters. The van der Waals surface area contributed by atoms with Crippen LogP contribution < -0.4 is 11.1 Å². The second-order valence-corrected chi connectivity index (χ2v) is 6.62. The molecule has 0 radical (unpaired) electrons. The lowest BCUT2D eigenvalue weighted by Crippen LogP contribution is -2.28. The van der Waals surface area contributed by atoms with Gasteiger partial charge in [0.2, 0.25) is 5.91 Å². The molecule has 0 aromatic heterocycles. The number of amides is 1. The molecule has 0 bridgehead atoms. The van der Waals surface area contributed by atoms with E-state index < -0.39 is 5.97 Å². The number of hydrogen-bond donors (Lipinski definition) is 3.